The van der Waals surface area contributed by atoms with Crippen LogP contribution in [0, 0.1) is 0 Å². The van der Waals surface area contributed by atoms with E-state index in [2.05, 4.69) is 57.9 Å². The van der Waals surface area contributed by atoms with Crippen molar-refractivity contribution in [2.24, 2.45) is 0 Å². The molecule has 2 aromatic carbocycles. The largest absolute Gasteiger partial charge is 0.461 e. The smallest absolute Gasteiger partial charge is 0.246 e. The van der Waals surface area contributed by atoms with Gasteiger partial charge in [0.1, 0.15) is 0 Å². The van der Waals surface area contributed by atoms with E-state index in [1.165, 1.54) is 22.3 Å². The Kier molecular flexibility index (Phi) is 3.16. The van der Waals surface area contributed by atoms with Gasteiger partial charge in [0.25, 0.3) is 0 Å². The van der Waals surface area contributed by atoms with Gasteiger partial charge >= 0.3 is 0 Å². The van der Waals surface area contributed by atoms with E-state index in [9.17, 15) is 0 Å². The molecule has 122 valence electrons. The van der Waals surface area contributed by atoms with Gasteiger partial charge in [0, 0.05) is 5.69 Å². The van der Waals surface area contributed by atoms with Crippen LogP contribution in [0.4, 0.5) is 5.69 Å². The molecule has 0 bridgehead atoms. The zero-order valence-corrected chi connectivity index (χ0v) is 13.4. The van der Waals surface area contributed by atoms with E-state index >= 15 is 0 Å². The number of furan rings is 1. The van der Waals surface area contributed by atoms with E-state index in [1.807, 2.05) is 0 Å². The predicted molar refractivity (Wildman–Crippen MR) is 94.0 cm³/mol. The van der Waals surface area contributed by atoms with E-state index in [0.717, 1.165) is 12.1 Å². The molecule has 0 aliphatic heterocycles. The molecule has 1 aliphatic rings. The van der Waals surface area contributed by atoms with Crippen LogP contribution in [0.3, 0.4) is 0 Å². The Hall–Kier alpha value is -3.34. The molecule has 0 saturated carbocycles. The summed E-state index contributed by atoms with van der Waals surface area (Å²) in [6, 6.07) is 18.6. The van der Waals surface area contributed by atoms with Crippen molar-refractivity contribution in [3.05, 3.63) is 77.9 Å². The second-order valence-electron chi connectivity index (χ2n) is 6.05. The Morgan fingerprint density at radius 2 is 1.88 bits per heavy atom. The van der Waals surface area contributed by atoms with Gasteiger partial charge in [-0.2, -0.15) is 4.98 Å². The van der Waals surface area contributed by atoms with Crippen LogP contribution in [0.1, 0.15) is 17.0 Å². The average molecular weight is 329 g/mol. The highest BCUT2D eigenvalue weighted by molar-refractivity contribution is 5.78. The predicted octanol–water partition coefficient (Wildman–Crippen LogP) is 4.51. The van der Waals surface area contributed by atoms with Crippen LogP contribution in [-0.2, 0) is 13.0 Å². The summed E-state index contributed by atoms with van der Waals surface area (Å²) in [5.74, 6) is 1.59. The first-order valence-electron chi connectivity index (χ1n) is 8.18. The molecule has 2 heterocycles. The summed E-state index contributed by atoms with van der Waals surface area (Å²) in [6.07, 6.45) is 2.57. The van der Waals surface area contributed by atoms with Crippen molar-refractivity contribution in [1.82, 2.24) is 10.1 Å². The van der Waals surface area contributed by atoms with Crippen LogP contribution >= 0.6 is 0 Å². The molecular formula is C20H15N3O2. The number of hydrogen-bond donors (Lipinski definition) is 1. The third-order valence-electron chi connectivity index (χ3n) is 4.45. The Balaban J connectivity index is 1.32. The molecule has 2 aromatic heterocycles. The first-order valence-corrected chi connectivity index (χ1v) is 8.18. The standard InChI is InChI=1S/C20H15N3O2/c1-2-5-16-13(4-1)10-14-11-15(7-8-17(14)16)21-12-19-22-20(23-25-19)18-6-3-9-24-18/h1-9,11,21H,10,12H2. The van der Waals surface area contributed by atoms with Gasteiger partial charge in [0.05, 0.1) is 12.8 Å². The molecule has 0 atom stereocenters. The van der Waals surface area contributed by atoms with E-state index in [1.54, 1.807) is 18.4 Å². The molecule has 5 nitrogen and oxygen atoms in total. The minimum absolute atomic E-state index is 0.464. The fourth-order valence-electron chi connectivity index (χ4n) is 3.27. The molecule has 0 radical (unpaired) electrons. The van der Waals surface area contributed by atoms with Crippen LogP contribution < -0.4 is 5.32 Å². The van der Waals surface area contributed by atoms with Gasteiger partial charge in [0.15, 0.2) is 5.76 Å². The summed E-state index contributed by atoms with van der Waals surface area (Å²) >= 11 is 0. The van der Waals surface area contributed by atoms with Gasteiger partial charge in [-0.25, -0.2) is 0 Å². The molecule has 0 unspecified atom stereocenters. The second kappa shape index (κ2) is 5.63. The Bertz CT molecular complexity index is 1030. The SMILES string of the molecule is c1coc(-c2noc(CNc3ccc4c(c3)Cc3ccccc3-4)n2)c1. The molecule has 0 amide bonds. The zero-order valence-electron chi connectivity index (χ0n) is 13.4. The van der Waals surface area contributed by atoms with Crippen molar-refractivity contribution in [1.29, 1.82) is 0 Å². The highest BCUT2D eigenvalue weighted by atomic mass is 16.5. The van der Waals surface area contributed by atoms with E-state index in [4.69, 9.17) is 8.94 Å². The number of nitrogens with zero attached hydrogens (tertiary/aromatic N) is 2. The van der Waals surface area contributed by atoms with Crippen LogP contribution in [0.2, 0.25) is 0 Å². The summed E-state index contributed by atoms with van der Waals surface area (Å²) in [4.78, 5) is 4.34. The van der Waals surface area contributed by atoms with Crippen LogP contribution in [0.15, 0.2) is 69.8 Å². The normalized spacial score (nSPS) is 12.0. The lowest BCUT2D eigenvalue weighted by molar-refractivity contribution is 0.382. The summed E-state index contributed by atoms with van der Waals surface area (Å²) in [7, 11) is 0. The Morgan fingerprint density at radius 1 is 0.960 bits per heavy atom. The van der Waals surface area contributed by atoms with Crippen molar-refractivity contribution in [2.75, 3.05) is 5.32 Å². The maximum Gasteiger partial charge on any atom is 0.246 e. The molecule has 0 spiro atoms. The zero-order chi connectivity index (χ0) is 16.6. The van der Waals surface area contributed by atoms with E-state index in [-0.39, 0.29) is 0 Å². The number of aromatic nitrogens is 2. The van der Waals surface area contributed by atoms with Gasteiger partial charge in [-0.05, 0) is 52.9 Å². The minimum atomic E-state index is 0.464. The number of hydrogen-bond acceptors (Lipinski definition) is 5. The molecule has 0 saturated heterocycles. The summed E-state index contributed by atoms with van der Waals surface area (Å²) in [5.41, 5.74) is 6.43. The van der Waals surface area contributed by atoms with Gasteiger partial charge < -0.3 is 14.3 Å². The van der Waals surface area contributed by atoms with Gasteiger partial charge in [-0.3, -0.25) is 0 Å². The highest BCUT2D eigenvalue weighted by Crippen LogP contribution is 2.37. The van der Waals surface area contributed by atoms with E-state index < -0.39 is 0 Å². The number of anilines is 1. The highest BCUT2D eigenvalue weighted by Gasteiger charge is 2.18. The number of benzene rings is 2. The molecule has 5 rings (SSSR count). The number of fused-ring (bicyclic) bond motifs is 3. The molecule has 1 N–H and O–H groups in total. The Morgan fingerprint density at radius 3 is 2.80 bits per heavy atom. The lowest BCUT2D eigenvalue weighted by atomic mass is 10.1. The van der Waals surface area contributed by atoms with Gasteiger partial charge in [0.2, 0.25) is 11.7 Å². The van der Waals surface area contributed by atoms with E-state index in [0.29, 0.717) is 24.0 Å². The average Bonchev–Trinajstić information content (AvgIpc) is 3.37. The van der Waals surface area contributed by atoms with Gasteiger partial charge in [-0.1, -0.05) is 35.5 Å². The Labute approximate surface area is 144 Å². The molecular weight excluding hydrogens is 314 g/mol. The van der Waals surface area contributed by atoms with Crippen LogP contribution in [0.5, 0.6) is 0 Å². The first kappa shape index (κ1) is 14.0. The molecule has 25 heavy (non-hydrogen) atoms. The minimum Gasteiger partial charge on any atom is -0.461 e. The topological polar surface area (TPSA) is 64.1 Å². The third kappa shape index (κ3) is 2.50. The summed E-state index contributed by atoms with van der Waals surface area (Å²) < 4.78 is 10.5. The molecule has 4 aromatic rings. The number of rotatable bonds is 4. The summed E-state index contributed by atoms with van der Waals surface area (Å²) in [5, 5.41) is 7.29. The van der Waals surface area contributed by atoms with Crippen LogP contribution in [0.25, 0.3) is 22.7 Å². The van der Waals surface area contributed by atoms with Crippen molar-refractivity contribution < 1.29 is 8.94 Å². The molecule has 1 aliphatic carbocycles. The van der Waals surface area contributed by atoms with Crippen LogP contribution in [-0.4, -0.2) is 10.1 Å². The van der Waals surface area contributed by atoms with Crippen molar-refractivity contribution in [3.63, 3.8) is 0 Å². The third-order valence-corrected chi connectivity index (χ3v) is 4.45. The van der Waals surface area contributed by atoms with Crippen molar-refractivity contribution in [2.45, 2.75) is 13.0 Å². The fourth-order valence-corrected chi connectivity index (χ4v) is 3.27. The quantitative estimate of drug-likeness (QED) is 0.525. The fraction of sp³-hybridized carbons (Fsp3) is 0.100. The lowest BCUT2D eigenvalue weighted by Crippen LogP contribution is -2.00. The molecule has 5 heteroatoms. The molecule has 0 fully saturated rings. The summed E-state index contributed by atoms with van der Waals surface area (Å²) in [6.45, 7) is 0.472. The monoisotopic (exact) mass is 329 g/mol. The number of nitrogens with one attached hydrogen (secondary N) is 1. The lowest BCUT2D eigenvalue weighted by Gasteiger charge is -2.06. The maximum atomic E-state index is 5.27. The van der Waals surface area contributed by atoms with Gasteiger partial charge in [-0.15, -0.1) is 0 Å². The maximum absolute atomic E-state index is 5.27. The van der Waals surface area contributed by atoms with Crippen molar-refractivity contribution in [3.8, 4) is 22.7 Å². The van der Waals surface area contributed by atoms with Crippen molar-refractivity contribution >= 4 is 5.69 Å². The first-order chi connectivity index (χ1) is 12.4. The second-order valence-corrected chi connectivity index (χ2v) is 6.05.